The summed E-state index contributed by atoms with van der Waals surface area (Å²) < 4.78 is 11.0. The van der Waals surface area contributed by atoms with Gasteiger partial charge in [-0.05, 0) is 36.8 Å². The lowest BCUT2D eigenvalue weighted by atomic mass is 9.85. The van der Waals surface area contributed by atoms with E-state index in [2.05, 4.69) is 57.6 Å². The van der Waals surface area contributed by atoms with Crippen LogP contribution in [0.25, 0.3) is 22.2 Å². The third-order valence-electron chi connectivity index (χ3n) is 7.24. The molecule has 6 nitrogen and oxygen atoms in total. The number of piperazine rings is 1. The lowest BCUT2D eigenvalue weighted by Gasteiger charge is -2.38. The molecule has 32 heavy (non-hydrogen) atoms. The maximum Gasteiger partial charge on any atom is 0.121 e. The maximum absolute atomic E-state index is 5.55. The SMILES string of the molecule is COc1ccc2c(N3CCC4(COC4)C3)cc(-c3ccc(N4CCNCC4)cc3)nc2c1. The van der Waals surface area contributed by atoms with Gasteiger partial charge in [-0.3, -0.25) is 0 Å². The third kappa shape index (κ3) is 3.48. The lowest BCUT2D eigenvalue weighted by molar-refractivity contribution is -0.0985. The van der Waals surface area contributed by atoms with E-state index >= 15 is 0 Å². The average molecular weight is 431 g/mol. The molecule has 0 radical (unpaired) electrons. The Balaban J connectivity index is 1.38. The normalized spacial score (nSPS) is 20.0. The zero-order valence-corrected chi connectivity index (χ0v) is 18.6. The number of hydrogen-bond acceptors (Lipinski definition) is 6. The van der Waals surface area contributed by atoms with E-state index in [4.69, 9.17) is 14.5 Å². The van der Waals surface area contributed by atoms with Crippen molar-refractivity contribution in [3.8, 4) is 17.0 Å². The van der Waals surface area contributed by atoms with Crippen molar-refractivity contribution in [3.05, 3.63) is 48.5 Å². The number of ether oxygens (including phenoxy) is 2. The number of hydrogen-bond donors (Lipinski definition) is 1. The van der Waals surface area contributed by atoms with Crippen LogP contribution in [0.2, 0.25) is 0 Å². The highest BCUT2D eigenvalue weighted by atomic mass is 16.5. The van der Waals surface area contributed by atoms with Gasteiger partial charge in [0.15, 0.2) is 0 Å². The summed E-state index contributed by atoms with van der Waals surface area (Å²) in [6.45, 7) is 8.09. The van der Waals surface area contributed by atoms with Crippen molar-refractivity contribution in [1.82, 2.24) is 10.3 Å². The molecule has 1 N–H and O–H groups in total. The van der Waals surface area contributed by atoms with Crippen LogP contribution in [0.4, 0.5) is 11.4 Å². The van der Waals surface area contributed by atoms with Crippen LogP contribution < -0.4 is 19.9 Å². The minimum atomic E-state index is 0.340. The molecule has 1 aromatic heterocycles. The van der Waals surface area contributed by atoms with Crippen LogP contribution >= 0.6 is 0 Å². The Kier molecular flexibility index (Phi) is 4.92. The van der Waals surface area contributed by atoms with Gasteiger partial charge in [-0.15, -0.1) is 0 Å². The lowest BCUT2D eigenvalue weighted by Crippen LogP contribution is -2.44. The summed E-state index contributed by atoms with van der Waals surface area (Å²) in [4.78, 5) is 10.0. The van der Waals surface area contributed by atoms with Crippen molar-refractivity contribution in [1.29, 1.82) is 0 Å². The van der Waals surface area contributed by atoms with Crippen LogP contribution in [0.3, 0.4) is 0 Å². The van der Waals surface area contributed by atoms with Crippen LogP contribution in [-0.4, -0.2) is 64.6 Å². The van der Waals surface area contributed by atoms with Gasteiger partial charge in [0.25, 0.3) is 0 Å². The molecule has 0 saturated carbocycles. The Hall–Kier alpha value is -2.83. The molecule has 3 saturated heterocycles. The Morgan fingerprint density at radius 2 is 1.78 bits per heavy atom. The first-order chi connectivity index (χ1) is 15.7. The van der Waals surface area contributed by atoms with Crippen LogP contribution in [-0.2, 0) is 4.74 Å². The Morgan fingerprint density at radius 3 is 2.47 bits per heavy atom. The fourth-order valence-electron chi connectivity index (χ4n) is 5.26. The Bertz CT molecular complexity index is 1120. The number of nitrogens with zero attached hydrogens (tertiary/aromatic N) is 3. The summed E-state index contributed by atoms with van der Waals surface area (Å²) in [7, 11) is 1.71. The van der Waals surface area contributed by atoms with Gasteiger partial charge in [-0.2, -0.15) is 0 Å². The second kappa shape index (κ2) is 7.94. The Labute approximate surface area is 189 Å². The monoisotopic (exact) mass is 430 g/mol. The van der Waals surface area contributed by atoms with E-state index in [1.807, 2.05) is 6.07 Å². The molecule has 4 heterocycles. The van der Waals surface area contributed by atoms with Gasteiger partial charge >= 0.3 is 0 Å². The van der Waals surface area contributed by atoms with E-state index in [1.165, 1.54) is 23.2 Å². The molecule has 0 unspecified atom stereocenters. The molecule has 0 amide bonds. The largest absolute Gasteiger partial charge is 0.497 e. The van der Waals surface area contributed by atoms with Gasteiger partial charge in [-0.1, -0.05) is 12.1 Å². The molecule has 3 aromatic rings. The summed E-state index contributed by atoms with van der Waals surface area (Å²) in [6.07, 6.45) is 1.20. The predicted molar refractivity (Wildman–Crippen MR) is 129 cm³/mol. The van der Waals surface area contributed by atoms with Gasteiger partial charge in [0.05, 0.1) is 31.5 Å². The molecule has 6 heteroatoms. The molecule has 3 fully saturated rings. The van der Waals surface area contributed by atoms with E-state index in [0.29, 0.717) is 5.41 Å². The third-order valence-corrected chi connectivity index (χ3v) is 7.24. The molecule has 3 aliphatic heterocycles. The first-order valence-electron chi connectivity index (χ1n) is 11.6. The minimum Gasteiger partial charge on any atom is -0.497 e. The maximum atomic E-state index is 5.55. The topological polar surface area (TPSA) is 49.9 Å². The first kappa shape index (κ1) is 19.8. The molecule has 0 bridgehead atoms. The molecule has 2 aromatic carbocycles. The van der Waals surface area contributed by atoms with Crippen molar-refractivity contribution in [3.63, 3.8) is 0 Å². The number of nitrogens with one attached hydrogen (secondary N) is 1. The molecule has 166 valence electrons. The van der Waals surface area contributed by atoms with Crippen molar-refractivity contribution >= 4 is 22.3 Å². The molecule has 0 atom stereocenters. The van der Waals surface area contributed by atoms with E-state index in [1.54, 1.807) is 7.11 Å². The van der Waals surface area contributed by atoms with Gasteiger partial charge < -0.3 is 24.6 Å². The van der Waals surface area contributed by atoms with Gasteiger partial charge in [0.2, 0.25) is 0 Å². The summed E-state index contributed by atoms with van der Waals surface area (Å²) in [5, 5.41) is 4.61. The van der Waals surface area contributed by atoms with Crippen molar-refractivity contribution in [2.75, 3.05) is 69.4 Å². The molecular formula is C26H30N4O2. The number of pyridine rings is 1. The molecule has 6 rings (SSSR count). The number of anilines is 2. The number of methoxy groups -OCH3 is 1. The van der Waals surface area contributed by atoms with E-state index in [9.17, 15) is 0 Å². The molecule has 1 spiro atoms. The number of aromatic nitrogens is 1. The smallest absolute Gasteiger partial charge is 0.121 e. The van der Waals surface area contributed by atoms with Crippen molar-refractivity contribution in [2.24, 2.45) is 5.41 Å². The zero-order chi connectivity index (χ0) is 21.5. The van der Waals surface area contributed by atoms with Crippen LogP contribution in [0, 0.1) is 5.41 Å². The summed E-state index contributed by atoms with van der Waals surface area (Å²) in [5.41, 5.74) is 6.03. The summed E-state index contributed by atoms with van der Waals surface area (Å²) in [6, 6.07) is 17.4. The average Bonchev–Trinajstić information content (AvgIpc) is 3.30. The van der Waals surface area contributed by atoms with Gasteiger partial charge in [-0.25, -0.2) is 4.98 Å². The standard InChI is InChI=1S/C26H30N4O2/c1-31-21-6-7-22-24(14-21)28-23(15-25(22)30-11-8-26(16-30)17-32-18-26)19-2-4-20(5-3-19)29-12-9-27-10-13-29/h2-7,14-15,27H,8-13,16-18H2,1H3. The van der Waals surface area contributed by atoms with Crippen LogP contribution in [0.1, 0.15) is 6.42 Å². The number of rotatable bonds is 4. The number of benzene rings is 2. The van der Waals surface area contributed by atoms with Crippen LogP contribution in [0.5, 0.6) is 5.75 Å². The first-order valence-corrected chi connectivity index (χ1v) is 11.6. The zero-order valence-electron chi connectivity index (χ0n) is 18.6. The predicted octanol–water partition coefficient (Wildman–Crippen LogP) is 3.55. The molecule has 3 aliphatic rings. The highest BCUT2D eigenvalue weighted by Crippen LogP contribution is 2.42. The molecular weight excluding hydrogens is 400 g/mol. The molecule has 0 aliphatic carbocycles. The van der Waals surface area contributed by atoms with Gasteiger partial charge in [0.1, 0.15) is 5.75 Å². The number of fused-ring (bicyclic) bond motifs is 1. The van der Waals surface area contributed by atoms with Crippen LogP contribution in [0.15, 0.2) is 48.5 Å². The van der Waals surface area contributed by atoms with Crippen molar-refractivity contribution < 1.29 is 9.47 Å². The Morgan fingerprint density at radius 1 is 0.969 bits per heavy atom. The quantitative estimate of drug-likeness (QED) is 0.683. The van der Waals surface area contributed by atoms with E-state index in [-0.39, 0.29) is 0 Å². The summed E-state index contributed by atoms with van der Waals surface area (Å²) in [5.74, 6) is 0.840. The second-order valence-electron chi connectivity index (χ2n) is 9.36. The van der Waals surface area contributed by atoms with Crippen molar-refractivity contribution in [2.45, 2.75) is 6.42 Å². The fraction of sp³-hybridized carbons (Fsp3) is 0.423. The summed E-state index contributed by atoms with van der Waals surface area (Å²) >= 11 is 0. The van der Waals surface area contributed by atoms with E-state index in [0.717, 1.165) is 75.0 Å². The minimum absolute atomic E-state index is 0.340. The highest BCUT2D eigenvalue weighted by Gasteiger charge is 2.44. The van der Waals surface area contributed by atoms with Gasteiger partial charge in [0, 0.05) is 73.1 Å². The van der Waals surface area contributed by atoms with E-state index < -0.39 is 0 Å². The second-order valence-corrected chi connectivity index (χ2v) is 9.36. The highest BCUT2D eigenvalue weighted by molar-refractivity contribution is 5.95. The fourth-order valence-corrected chi connectivity index (χ4v) is 5.26.